The fraction of sp³-hybridized carbons (Fsp3) is 0.231. The van der Waals surface area contributed by atoms with Crippen molar-refractivity contribution in [1.82, 2.24) is 30.2 Å². The molecule has 0 saturated carbocycles. The Morgan fingerprint density at radius 3 is 2.79 bits per heavy atom. The fourth-order valence-electron chi connectivity index (χ4n) is 4.59. The zero-order valence-electron chi connectivity index (χ0n) is 20.5. The number of halogens is 2. The number of rotatable bonds is 7. The van der Waals surface area contributed by atoms with E-state index < -0.39 is 18.2 Å². The first-order chi connectivity index (χ1) is 18.9. The van der Waals surface area contributed by atoms with Gasteiger partial charge in [0.2, 0.25) is 6.29 Å². The highest BCUT2D eigenvalue weighted by Crippen LogP contribution is 2.41. The van der Waals surface area contributed by atoms with Crippen molar-refractivity contribution >= 4 is 50.4 Å². The SMILES string of the molecule is CCc1nc(Cl)c(C(=O)O[C@@H]2CCC(=O)O2)n1Cc1ccc2oc(-c3ccccc3-c3nnn[nH]3)c(Br)c2c1. The molecular formula is C26H20BrClN6O5. The number of carbonyl (C=O) groups is 2. The summed E-state index contributed by atoms with van der Waals surface area (Å²) in [5.74, 6) is 0.675. The number of imidazole rings is 1. The maximum Gasteiger partial charge on any atom is 0.361 e. The molecule has 4 heterocycles. The van der Waals surface area contributed by atoms with Crippen LogP contribution in [0.5, 0.6) is 0 Å². The minimum atomic E-state index is -0.929. The molecule has 198 valence electrons. The van der Waals surface area contributed by atoms with Crippen molar-refractivity contribution < 1.29 is 23.5 Å². The zero-order valence-corrected chi connectivity index (χ0v) is 22.8. The Hall–Kier alpha value is -4.03. The summed E-state index contributed by atoms with van der Waals surface area (Å²) < 4.78 is 19.2. The van der Waals surface area contributed by atoms with Crippen LogP contribution in [0.2, 0.25) is 5.15 Å². The summed E-state index contributed by atoms with van der Waals surface area (Å²) in [7, 11) is 0. The van der Waals surface area contributed by atoms with E-state index in [0.717, 1.165) is 26.5 Å². The lowest BCUT2D eigenvalue weighted by molar-refractivity contribution is -0.154. The smallest absolute Gasteiger partial charge is 0.361 e. The van der Waals surface area contributed by atoms with Gasteiger partial charge in [-0.1, -0.05) is 48.9 Å². The molecule has 3 aromatic heterocycles. The number of H-pyrrole nitrogens is 1. The number of aryl methyl sites for hydroxylation is 1. The van der Waals surface area contributed by atoms with Crippen LogP contribution in [0.4, 0.5) is 0 Å². The van der Waals surface area contributed by atoms with Crippen LogP contribution >= 0.6 is 27.5 Å². The molecular weight excluding hydrogens is 592 g/mol. The average Bonchev–Trinajstić information content (AvgIpc) is 3.72. The number of nitrogens with one attached hydrogen (secondary N) is 1. The Kier molecular flexibility index (Phi) is 6.65. The number of ether oxygens (including phenoxy) is 2. The van der Waals surface area contributed by atoms with E-state index >= 15 is 0 Å². The molecule has 39 heavy (non-hydrogen) atoms. The number of benzene rings is 2. The first kappa shape index (κ1) is 25.3. The van der Waals surface area contributed by atoms with Gasteiger partial charge in [0.1, 0.15) is 17.2 Å². The zero-order chi connectivity index (χ0) is 27.1. The number of hydrogen-bond acceptors (Lipinski definition) is 9. The molecule has 6 rings (SSSR count). The van der Waals surface area contributed by atoms with Gasteiger partial charge in [-0.05, 0) is 44.1 Å². The van der Waals surface area contributed by atoms with Gasteiger partial charge in [-0.15, -0.1) is 5.10 Å². The Bertz CT molecular complexity index is 1710. The third kappa shape index (κ3) is 4.70. The molecule has 1 N–H and O–H groups in total. The molecule has 11 nitrogen and oxygen atoms in total. The third-order valence-corrected chi connectivity index (χ3v) is 7.45. The molecule has 0 aliphatic carbocycles. The first-order valence-corrected chi connectivity index (χ1v) is 13.3. The van der Waals surface area contributed by atoms with Crippen LogP contribution in [0.25, 0.3) is 33.7 Å². The molecule has 13 heteroatoms. The van der Waals surface area contributed by atoms with E-state index in [2.05, 4.69) is 41.5 Å². The third-order valence-electron chi connectivity index (χ3n) is 6.40. The van der Waals surface area contributed by atoms with Gasteiger partial charge in [0.25, 0.3) is 0 Å². The molecule has 0 unspecified atom stereocenters. The number of aromatic nitrogens is 6. The molecule has 1 saturated heterocycles. The molecule has 5 aromatic rings. The highest BCUT2D eigenvalue weighted by Gasteiger charge is 2.31. The highest BCUT2D eigenvalue weighted by atomic mass is 79.9. The number of nitrogens with zero attached hydrogens (tertiary/aromatic N) is 5. The Morgan fingerprint density at radius 1 is 1.26 bits per heavy atom. The summed E-state index contributed by atoms with van der Waals surface area (Å²) in [6, 6.07) is 13.4. The van der Waals surface area contributed by atoms with Crippen molar-refractivity contribution in [2.45, 2.75) is 39.0 Å². The predicted molar refractivity (Wildman–Crippen MR) is 143 cm³/mol. The van der Waals surface area contributed by atoms with E-state index in [1.54, 1.807) is 4.57 Å². The van der Waals surface area contributed by atoms with Crippen molar-refractivity contribution in [3.63, 3.8) is 0 Å². The minimum Gasteiger partial charge on any atom is -0.455 e. The number of hydrogen-bond donors (Lipinski definition) is 1. The van der Waals surface area contributed by atoms with Crippen molar-refractivity contribution in [2.24, 2.45) is 0 Å². The lowest BCUT2D eigenvalue weighted by Crippen LogP contribution is -2.21. The van der Waals surface area contributed by atoms with Crippen LogP contribution in [-0.2, 0) is 27.2 Å². The Morgan fingerprint density at radius 2 is 2.08 bits per heavy atom. The topological polar surface area (TPSA) is 138 Å². The van der Waals surface area contributed by atoms with Gasteiger partial charge in [-0.3, -0.25) is 4.79 Å². The van der Waals surface area contributed by atoms with Crippen molar-refractivity contribution in [2.75, 3.05) is 0 Å². The summed E-state index contributed by atoms with van der Waals surface area (Å²) in [5, 5.41) is 15.1. The number of furan rings is 1. The van der Waals surface area contributed by atoms with E-state index in [0.29, 0.717) is 42.4 Å². The average molecular weight is 612 g/mol. The molecule has 0 amide bonds. The fourth-order valence-corrected chi connectivity index (χ4v) is 5.47. The molecule has 1 fully saturated rings. The van der Waals surface area contributed by atoms with Gasteiger partial charge in [0.05, 0.1) is 10.9 Å². The summed E-state index contributed by atoms with van der Waals surface area (Å²) in [4.78, 5) is 28.8. The second-order valence-corrected chi connectivity index (χ2v) is 9.99. The summed E-state index contributed by atoms with van der Waals surface area (Å²) in [6.07, 6.45) is 0.120. The van der Waals surface area contributed by atoms with Gasteiger partial charge in [-0.25, -0.2) is 14.9 Å². The van der Waals surface area contributed by atoms with Gasteiger partial charge < -0.3 is 18.5 Å². The standard InChI is InChI=1S/C26H20BrClN6O5/c1-2-18-29-24(28)22(26(36)39-20-10-9-19(35)38-20)34(18)12-13-7-8-17-16(11-13)21(27)23(37-17)14-5-3-4-6-15(14)25-30-32-33-31-25/h3-8,11,20H,2,9-10,12H2,1H3,(H,30,31,32,33)/t20-/m1/s1. The van der Waals surface area contributed by atoms with E-state index in [9.17, 15) is 9.59 Å². The summed E-state index contributed by atoms with van der Waals surface area (Å²) in [6.45, 7) is 2.23. The number of tetrazole rings is 1. The monoisotopic (exact) mass is 610 g/mol. The van der Waals surface area contributed by atoms with E-state index in [-0.39, 0.29) is 17.3 Å². The molecule has 2 aromatic carbocycles. The number of cyclic esters (lactones) is 1. The minimum absolute atomic E-state index is 0.0348. The van der Waals surface area contributed by atoms with Crippen molar-refractivity contribution in [1.29, 1.82) is 0 Å². The van der Waals surface area contributed by atoms with Crippen LogP contribution in [0.3, 0.4) is 0 Å². The number of fused-ring (bicyclic) bond motifs is 1. The quantitative estimate of drug-likeness (QED) is 0.242. The molecule has 0 spiro atoms. The number of carbonyl (C=O) groups excluding carboxylic acids is 2. The van der Waals surface area contributed by atoms with Crippen LogP contribution in [0, 0.1) is 0 Å². The van der Waals surface area contributed by atoms with E-state index in [4.69, 9.17) is 25.5 Å². The van der Waals surface area contributed by atoms with Crippen LogP contribution in [0.1, 0.15) is 41.6 Å². The van der Waals surface area contributed by atoms with Crippen LogP contribution in [-0.4, -0.2) is 48.4 Å². The van der Waals surface area contributed by atoms with Crippen LogP contribution < -0.4 is 0 Å². The number of aromatic amines is 1. The summed E-state index contributed by atoms with van der Waals surface area (Å²) in [5.41, 5.74) is 3.27. The maximum atomic E-state index is 13.0. The second kappa shape index (κ2) is 10.3. The van der Waals surface area contributed by atoms with E-state index in [1.165, 1.54) is 0 Å². The van der Waals surface area contributed by atoms with Gasteiger partial charge in [0.15, 0.2) is 16.7 Å². The van der Waals surface area contributed by atoms with Crippen molar-refractivity contribution in [3.05, 3.63) is 69.2 Å². The molecule has 1 aliphatic heterocycles. The normalized spacial score (nSPS) is 15.2. The van der Waals surface area contributed by atoms with Crippen molar-refractivity contribution in [3.8, 4) is 22.7 Å². The Labute approximate surface area is 234 Å². The lowest BCUT2D eigenvalue weighted by atomic mass is 10.0. The molecule has 0 bridgehead atoms. The summed E-state index contributed by atoms with van der Waals surface area (Å²) >= 11 is 10.1. The van der Waals surface area contributed by atoms with Gasteiger partial charge in [-0.2, -0.15) is 0 Å². The lowest BCUT2D eigenvalue weighted by Gasteiger charge is -2.14. The van der Waals surface area contributed by atoms with E-state index in [1.807, 2.05) is 49.4 Å². The van der Waals surface area contributed by atoms with Gasteiger partial charge in [0, 0.05) is 35.9 Å². The molecule has 1 aliphatic rings. The number of esters is 2. The predicted octanol–water partition coefficient (Wildman–Crippen LogP) is 5.32. The maximum absolute atomic E-state index is 13.0. The van der Waals surface area contributed by atoms with Crippen LogP contribution in [0.15, 0.2) is 51.4 Å². The second-order valence-electron chi connectivity index (χ2n) is 8.84. The first-order valence-electron chi connectivity index (χ1n) is 12.1. The van der Waals surface area contributed by atoms with Gasteiger partial charge >= 0.3 is 11.9 Å². The molecule has 1 atom stereocenters. The molecule has 0 radical (unpaired) electrons. The highest BCUT2D eigenvalue weighted by molar-refractivity contribution is 9.10. The largest absolute Gasteiger partial charge is 0.455 e. The Balaban J connectivity index is 1.35.